The third-order valence-corrected chi connectivity index (χ3v) is 6.26. The number of amides is 1. The fraction of sp³-hybridized carbons (Fsp3) is 0.684. The highest BCUT2D eigenvalue weighted by atomic mass is 16.5. The average Bonchev–Trinajstić information content (AvgIpc) is 2.83. The minimum absolute atomic E-state index is 0.104. The summed E-state index contributed by atoms with van der Waals surface area (Å²) in [7, 11) is 0. The zero-order valence-corrected chi connectivity index (χ0v) is 14.4. The van der Waals surface area contributed by atoms with Gasteiger partial charge in [-0.1, -0.05) is 6.42 Å². The van der Waals surface area contributed by atoms with Crippen LogP contribution < -0.4 is 5.32 Å². The van der Waals surface area contributed by atoms with Crippen LogP contribution in [0.15, 0.2) is 4.42 Å². The molecule has 1 aromatic rings. The van der Waals surface area contributed by atoms with Gasteiger partial charge in [0.25, 0.3) is 5.91 Å². The molecule has 0 bridgehead atoms. The third-order valence-electron chi connectivity index (χ3n) is 6.26. The number of hydrogen-bond donors (Lipinski definition) is 1. The Kier molecular flexibility index (Phi) is 3.79. The van der Waals surface area contributed by atoms with E-state index in [0.717, 1.165) is 38.7 Å². The number of aryl methyl sites for hydroxylation is 1. The maximum Gasteiger partial charge on any atom is 0.287 e. The molecule has 0 aliphatic heterocycles. The first-order chi connectivity index (χ1) is 11.6. The number of furan rings is 1. The van der Waals surface area contributed by atoms with Gasteiger partial charge in [0.05, 0.1) is 11.7 Å². The van der Waals surface area contributed by atoms with Crippen molar-refractivity contribution in [3.63, 3.8) is 0 Å². The number of fused-ring (bicyclic) bond motifs is 1. The minimum Gasteiger partial charge on any atom is -0.455 e. The average molecular weight is 331 g/mol. The van der Waals surface area contributed by atoms with Gasteiger partial charge in [0.1, 0.15) is 5.76 Å². The molecule has 24 heavy (non-hydrogen) atoms. The quantitative estimate of drug-likeness (QED) is 0.920. The van der Waals surface area contributed by atoms with Crippen molar-refractivity contribution in [2.75, 3.05) is 6.61 Å². The Balaban J connectivity index is 1.51. The van der Waals surface area contributed by atoms with Gasteiger partial charge >= 0.3 is 0 Å². The van der Waals surface area contributed by atoms with Crippen molar-refractivity contribution in [2.45, 2.75) is 70.9 Å². The zero-order valence-electron chi connectivity index (χ0n) is 14.4. The zero-order chi connectivity index (χ0) is 16.9. The predicted octanol–water partition coefficient (Wildman–Crippen LogP) is 3.18. The van der Waals surface area contributed by atoms with E-state index >= 15 is 0 Å². The van der Waals surface area contributed by atoms with Crippen LogP contribution in [0.1, 0.15) is 77.7 Å². The van der Waals surface area contributed by atoms with Crippen molar-refractivity contribution in [2.24, 2.45) is 5.41 Å². The molecule has 1 amide bonds. The molecule has 1 spiro atoms. The highest BCUT2D eigenvalue weighted by Gasteiger charge is 2.59. The molecule has 130 valence electrons. The molecular weight excluding hydrogens is 306 g/mol. The fourth-order valence-corrected chi connectivity index (χ4v) is 4.73. The van der Waals surface area contributed by atoms with Crippen LogP contribution in [0.25, 0.3) is 0 Å². The van der Waals surface area contributed by atoms with Crippen LogP contribution in [-0.4, -0.2) is 30.4 Å². The monoisotopic (exact) mass is 331 g/mol. The molecule has 1 aromatic heterocycles. The first-order valence-electron chi connectivity index (χ1n) is 9.14. The number of carbonyl (C=O) groups is 2. The van der Waals surface area contributed by atoms with Crippen LogP contribution in [0.4, 0.5) is 0 Å². The smallest absolute Gasteiger partial charge is 0.287 e. The van der Waals surface area contributed by atoms with Crippen molar-refractivity contribution in [1.82, 2.24) is 5.32 Å². The molecule has 3 aliphatic carbocycles. The van der Waals surface area contributed by atoms with Crippen LogP contribution in [-0.2, 0) is 11.2 Å². The summed E-state index contributed by atoms with van der Waals surface area (Å²) in [5.74, 6) is 0.936. The van der Waals surface area contributed by atoms with Gasteiger partial charge in [0, 0.05) is 36.5 Å². The number of hydrogen-bond acceptors (Lipinski definition) is 4. The summed E-state index contributed by atoms with van der Waals surface area (Å²) in [5, 5.41) is 3.15. The summed E-state index contributed by atoms with van der Waals surface area (Å²) in [6.07, 6.45) is 6.70. The summed E-state index contributed by atoms with van der Waals surface area (Å²) in [4.78, 5) is 24.8. The van der Waals surface area contributed by atoms with Crippen molar-refractivity contribution < 1.29 is 18.7 Å². The third kappa shape index (κ3) is 2.17. The van der Waals surface area contributed by atoms with E-state index in [4.69, 9.17) is 9.15 Å². The standard InChI is InChI=1S/C19H25NO4/c1-3-23-15-10-14(19(15)8-5-9-19)20-18(22)17-11(2)16-12(21)6-4-7-13(16)24-17/h14-15H,3-10H2,1-2H3,(H,20,22)/t14-,15+/m0/s1. The summed E-state index contributed by atoms with van der Waals surface area (Å²) in [6.45, 7) is 4.56. The minimum atomic E-state index is -0.180. The van der Waals surface area contributed by atoms with Gasteiger partial charge in [0.2, 0.25) is 0 Å². The normalized spacial score (nSPS) is 27.3. The summed E-state index contributed by atoms with van der Waals surface area (Å²) in [6, 6.07) is 0.160. The number of carbonyl (C=O) groups excluding carboxylic acids is 2. The van der Waals surface area contributed by atoms with Gasteiger partial charge < -0.3 is 14.5 Å². The Labute approximate surface area is 142 Å². The molecule has 0 saturated heterocycles. The fourth-order valence-electron chi connectivity index (χ4n) is 4.73. The van der Waals surface area contributed by atoms with Crippen LogP contribution in [0.5, 0.6) is 0 Å². The Morgan fingerprint density at radius 2 is 2.12 bits per heavy atom. The molecule has 0 aromatic carbocycles. The Morgan fingerprint density at radius 1 is 1.33 bits per heavy atom. The lowest BCUT2D eigenvalue weighted by atomic mass is 9.51. The van der Waals surface area contributed by atoms with E-state index in [9.17, 15) is 9.59 Å². The van der Waals surface area contributed by atoms with Crippen molar-refractivity contribution in [1.29, 1.82) is 0 Å². The van der Waals surface area contributed by atoms with E-state index < -0.39 is 0 Å². The molecule has 5 nitrogen and oxygen atoms in total. The number of ketones is 1. The molecule has 3 aliphatic rings. The highest BCUT2D eigenvalue weighted by molar-refractivity contribution is 6.03. The SMILES string of the molecule is CCO[C@@H]1C[C@H](NC(=O)c2oc3c(c2C)C(=O)CCC3)C12CCC2. The van der Waals surface area contributed by atoms with Gasteiger partial charge in [-0.05, 0) is 39.5 Å². The van der Waals surface area contributed by atoms with Crippen LogP contribution in [0, 0.1) is 12.3 Å². The van der Waals surface area contributed by atoms with E-state index in [-0.39, 0.29) is 29.3 Å². The largest absolute Gasteiger partial charge is 0.455 e. The molecule has 2 saturated carbocycles. The van der Waals surface area contributed by atoms with Crippen LogP contribution in [0.3, 0.4) is 0 Å². The second-order valence-corrected chi connectivity index (χ2v) is 7.42. The summed E-state index contributed by atoms with van der Waals surface area (Å²) >= 11 is 0. The lowest BCUT2D eigenvalue weighted by Gasteiger charge is -2.60. The van der Waals surface area contributed by atoms with E-state index in [1.807, 2.05) is 13.8 Å². The predicted molar refractivity (Wildman–Crippen MR) is 88.3 cm³/mol. The maximum absolute atomic E-state index is 12.7. The second-order valence-electron chi connectivity index (χ2n) is 7.42. The van der Waals surface area contributed by atoms with Gasteiger partial charge in [-0.3, -0.25) is 9.59 Å². The molecule has 4 rings (SSSR count). The van der Waals surface area contributed by atoms with E-state index in [2.05, 4.69) is 5.32 Å². The molecular formula is C19H25NO4. The van der Waals surface area contributed by atoms with Crippen molar-refractivity contribution >= 4 is 11.7 Å². The van der Waals surface area contributed by atoms with Gasteiger partial charge in [-0.2, -0.15) is 0 Å². The number of ether oxygens (including phenoxy) is 1. The Morgan fingerprint density at radius 3 is 2.75 bits per heavy atom. The Hall–Kier alpha value is -1.62. The first-order valence-corrected chi connectivity index (χ1v) is 9.14. The summed E-state index contributed by atoms with van der Waals surface area (Å²) < 4.78 is 11.6. The molecule has 1 heterocycles. The lowest BCUT2D eigenvalue weighted by molar-refractivity contribution is -0.169. The number of Topliss-reactive ketones (excluding diaryl/α,β-unsaturated/α-hetero) is 1. The molecule has 5 heteroatoms. The van der Waals surface area contributed by atoms with E-state index in [1.165, 1.54) is 6.42 Å². The number of nitrogens with one attached hydrogen (secondary N) is 1. The van der Waals surface area contributed by atoms with Gasteiger partial charge in [-0.15, -0.1) is 0 Å². The van der Waals surface area contributed by atoms with E-state index in [1.54, 1.807) is 0 Å². The van der Waals surface area contributed by atoms with Crippen molar-refractivity contribution in [3.05, 3.63) is 22.6 Å². The highest BCUT2D eigenvalue weighted by Crippen LogP contribution is 2.57. The summed E-state index contributed by atoms with van der Waals surface area (Å²) in [5.41, 5.74) is 1.47. The molecule has 2 atom stereocenters. The van der Waals surface area contributed by atoms with E-state index in [0.29, 0.717) is 29.1 Å². The molecule has 1 N–H and O–H groups in total. The Bertz CT molecular complexity index is 686. The topological polar surface area (TPSA) is 68.5 Å². The lowest BCUT2D eigenvalue weighted by Crippen LogP contribution is -2.67. The molecule has 0 unspecified atom stereocenters. The van der Waals surface area contributed by atoms with Crippen LogP contribution in [0.2, 0.25) is 0 Å². The number of rotatable bonds is 4. The van der Waals surface area contributed by atoms with Gasteiger partial charge in [0.15, 0.2) is 11.5 Å². The first kappa shape index (κ1) is 15.9. The second kappa shape index (κ2) is 5.73. The van der Waals surface area contributed by atoms with Crippen LogP contribution >= 0.6 is 0 Å². The molecule has 2 fully saturated rings. The van der Waals surface area contributed by atoms with Gasteiger partial charge in [-0.25, -0.2) is 0 Å². The van der Waals surface area contributed by atoms with Crippen molar-refractivity contribution in [3.8, 4) is 0 Å². The molecule has 0 radical (unpaired) electrons. The maximum atomic E-state index is 12.7.